The van der Waals surface area contributed by atoms with E-state index in [1.807, 2.05) is 6.20 Å². The summed E-state index contributed by atoms with van der Waals surface area (Å²) in [5, 5.41) is 0. The number of hydrogen-bond acceptors (Lipinski definition) is 4. The molecule has 0 saturated heterocycles. The Bertz CT molecular complexity index is 397. The van der Waals surface area contributed by atoms with Gasteiger partial charge in [0.15, 0.2) is 5.82 Å². The molecule has 0 aliphatic heterocycles. The maximum absolute atomic E-state index is 5.72. The molecule has 0 bridgehead atoms. The molecule has 102 valence electrons. The average Bonchev–Trinajstić information content (AvgIpc) is 2.27. The number of ether oxygens (including phenoxy) is 1. The summed E-state index contributed by atoms with van der Waals surface area (Å²) in [5.74, 6) is 1.08. The highest BCUT2D eigenvalue weighted by Gasteiger charge is 2.29. The van der Waals surface area contributed by atoms with E-state index in [1.54, 1.807) is 7.11 Å². The van der Waals surface area contributed by atoms with Gasteiger partial charge in [-0.3, -0.25) is 0 Å². The second-order valence-corrected chi connectivity index (χ2v) is 5.98. The summed E-state index contributed by atoms with van der Waals surface area (Å²) in [7, 11) is 1.70. The summed E-state index contributed by atoms with van der Waals surface area (Å²) in [6, 6.07) is 0. The van der Waals surface area contributed by atoms with Gasteiger partial charge in [-0.15, -0.1) is 0 Å². The van der Waals surface area contributed by atoms with Crippen LogP contribution in [0.4, 0.5) is 0 Å². The molecule has 0 aliphatic rings. The van der Waals surface area contributed by atoms with E-state index < -0.39 is 0 Å². The van der Waals surface area contributed by atoms with Crippen molar-refractivity contribution in [1.82, 2.24) is 9.97 Å². The van der Waals surface area contributed by atoms with Crippen LogP contribution in [0.25, 0.3) is 0 Å². The number of methoxy groups -OCH3 is 1. The molecule has 4 nitrogen and oxygen atoms in total. The molecule has 1 unspecified atom stereocenters. The maximum atomic E-state index is 5.72. The van der Waals surface area contributed by atoms with Crippen molar-refractivity contribution in [1.29, 1.82) is 0 Å². The molecule has 0 spiro atoms. The van der Waals surface area contributed by atoms with E-state index in [0.717, 1.165) is 17.1 Å². The van der Waals surface area contributed by atoms with E-state index >= 15 is 0 Å². The summed E-state index contributed by atoms with van der Waals surface area (Å²) < 4.78 is 5.55. The molecule has 1 aromatic heterocycles. The monoisotopic (exact) mass is 251 g/mol. The van der Waals surface area contributed by atoms with Gasteiger partial charge in [-0.1, -0.05) is 34.6 Å². The van der Waals surface area contributed by atoms with E-state index in [4.69, 9.17) is 10.5 Å². The Morgan fingerprint density at radius 2 is 1.94 bits per heavy atom. The standard InChI is InChI=1S/C14H25N3O/c1-9(2)11-10(7-15)8-16-13(17-11)12(18-6)14(3,4)5/h8-9,12H,7,15H2,1-6H3. The van der Waals surface area contributed by atoms with Crippen LogP contribution in [0.15, 0.2) is 6.20 Å². The second kappa shape index (κ2) is 5.76. The minimum Gasteiger partial charge on any atom is -0.373 e. The molecule has 4 heteroatoms. The quantitative estimate of drug-likeness (QED) is 0.894. The first kappa shape index (κ1) is 15.1. The molecule has 0 amide bonds. The van der Waals surface area contributed by atoms with Crippen molar-refractivity contribution in [2.75, 3.05) is 7.11 Å². The summed E-state index contributed by atoms with van der Waals surface area (Å²) in [6.07, 6.45) is 1.72. The minimum atomic E-state index is -0.109. The smallest absolute Gasteiger partial charge is 0.157 e. The fourth-order valence-corrected chi connectivity index (χ4v) is 2.06. The third kappa shape index (κ3) is 3.27. The lowest BCUT2D eigenvalue weighted by atomic mass is 9.88. The van der Waals surface area contributed by atoms with Crippen molar-refractivity contribution in [2.24, 2.45) is 11.1 Å². The van der Waals surface area contributed by atoms with Crippen molar-refractivity contribution < 1.29 is 4.74 Å². The molecule has 1 rings (SSSR count). The first-order chi connectivity index (χ1) is 8.31. The molecule has 0 fully saturated rings. The third-order valence-electron chi connectivity index (χ3n) is 2.94. The normalized spacial score (nSPS) is 14.0. The number of hydrogen-bond donors (Lipinski definition) is 1. The van der Waals surface area contributed by atoms with E-state index in [-0.39, 0.29) is 11.5 Å². The molecular weight excluding hydrogens is 226 g/mol. The highest BCUT2D eigenvalue weighted by atomic mass is 16.5. The molecule has 1 aromatic rings. The van der Waals surface area contributed by atoms with E-state index in [9.17, 15) is 0 Å². The van der Waals surface area contributed by atoms with Gasteiger partial charge < -0.3 is 10.5 Å². The number of nitrogens with zero attached hydrogens (tertiary/aromatic N) is 2. The van der Waals surface area contributed by atoms with Crippen molar-refractivity contribution in [2.45, 2.75) is 53.2 Å². The Balaban J connectivity index is 3.22. The topological polar surface area (TPSA) is 61.0 Å². The van der Waals surface area contributed by atoms with Crippen LogP contribution in [0.2, 0.25) is 0 Å². The summed E-state index contributed by atoms with van der Waals surface area (Å²) in [5.41, 5.74) is 7.72. The summed E-state index contributed by atoms with van der Waals surface area (Å²) in [4.78, 5) is 9.08. The van der Waals surface area contributed by atoms with Crippen LogP contribution in [-0.4, -0.2) is 17.1 Å². The van der Waals surface area contributed by atoms with Crippen LogP contribution < -0.4 is 5.73 Å². The van der Waals surface area contributed by atoms with E-state index in [1.165, 1.54) is 0 Å². The van der Waals surface area contributed by atoms with Crippen LogP contribution in [-0.2, 0) is 11.3 Å². The molecule has 1 atom stereocenters. The van der Waals surface area contributed by atoms with E-state index in [2.05, 4.69) is 44.6 Å². The Labute approximate surface area is 110 Å². The Morgan fingerprint density at radius 1 is 1.33 bits per heavy atom. The molecule has 2 N–H and O–H groups in total. The Kier molecular flexibility index (Phi) is 4.82. The van der Waals surface area contributed by atoms with Gasteiger partial charge in [0.25, 0.3) is 0 Å². The molecule has 0 aromatic carbocycles. The Morgan fingerprint density at radius 3 is 2.33 bits per heavy atom. The van der Waals surface area contributed by atoms with Gasteiger partial charge in [-0.05, 0) is 11.3 Å². The highest BCUT2D eigenvalue weighted by molar-refractivity contribution is 5.21. The van der Waals surface area contributed by atoms with Gasteiger partial charge in [0.2, 0.25) is 0 Å². The first-order valence-corrected chi connectivity index (χ1v) is 6.39. The minimum absolute atomic E-state index is 0.0345. The first-order valence-electron chi connectivity index (χ1n) is 6.39. The van der Waals surface area contributed by atoms with Crippen molar-refractivity contribution in [3.05, 3.63) is 23.3 Å². The zero-order valence-corrected chi connectivity index (χ0v) is 12.3. The van der Waals surface area contributed by atoms with Gasteiger partial charge in [-0.2, -0.15) is 0 Å². The lowest BCUT2D eigenvalue weighted by Crippen LogP contribution is -2.23. The lowest BCUT2D eigenvalue weighted by molar-refractivity contribution is 0.00842. The average molecular weight is 251 g/mol. The van der Waals surface area contributed by atoms with Gasteiger partial charge in [0.1, 0.15) is 6.10 Å². The zero-order chi connectivity index (χ0) is 13.9. The SMILES string of the molecule is COC(c1ncc(CN)c(C(C)C)n1)C(C)(C)C. The van der Waals surface area contributed by atoms with Crippen molar-refractivity contribution >= 4 is 0 Å². The van der Waals surface area contributed by atoms with Gasteiger partial charge >= 0.3 is 0 Å². The second-order valence-electron chi connectivity index (χ2n) is 5.98. The maximum Gasteiger partial charge on any atom is 0.157 e. The summed E-state index contributed by atoms with van der Waals surface area (Å²) in [6.45, 7) is 11.1. The molecule has 18 heavy (non-hydrogen) atoms. The number of aromatic nitrogens is 2. The van der Waals surface area contributed by atoms with Crippen LogP contribution in [0.3, 0.4) is 0 Å². The Hall–Kier alpha value is -1.00. The predicted molar refractivity (Wildman–Crippen MR) is 73.2 cm³/mol. The summed E-state index contributed by atoms with van der Waals surface area (Å²) >= 11 is 0. The molecule has 1 heterocycles. The van der Waals surface area contributed by atoms with Crippen LogP contribution in [0.1, 0.15) is 63.7 Å². The van der Waals surface area contributed by atoms with Gasteiger partial charge in [0, 0.05) is 25.4 Å². The van der Waals surface area contributed by atoms with Crippen LogP contribution in [0, 0.1) is 5.41 Å². The van der Waals surface area contributed by atoms with E-state index in [0.29, 0.717) is 12.5 Å². The van der Waals surface area contributed by atoms with Crippen LogP contribution >= 0.6 is 0 Å². The number of nitrogens with two attached hydrogens (primary N) is 1. The lowest BCUT2D eigenvalue weighted by Gasteiger charge is -2.28. The predicted octanol–water partition coefficient (Wildman–Crippen LogP) is 2.79. The largest absolute Gasteiger partial charge is 0.373 e. The fourth-order valence-electron chi connectivity index (χ4n) is 2.06. The van der Waals surface area contributed by atoms with Gasteiger partial charge in [0.05, 0.1) is 5.69 Å². The molecule has 0 radical (unpaired) electrons. The molecular formula is C14H25N3O. The molecule has 0 saturated carbocycles. The number of rotatable bonds is 4. The third-order valence-corrected chi connectivity index (χ3v) is 2.94. The highest BCUT2D eigenvalue weighted by Crippen LogP contribution is 2.34. The zero-order valence-electron chi connectivity index (χ0n) is 12.3. The van der Waals surface area contributed by atoms with Gasteiger partial charge in [-0.25, -0.2) is 9.97 Å². The molecule has 0 aliphatic carbocycles. The fraction of sp³-hybridized carbons (Fsp3) is 0.714. The van der Waals surface area contributed by atoms with Crippen molar-refractivity contribution in [3.63, 3.8) is 0 Å². The van der Waals surface area contributed by atoms with Crippen molar-refractivity contribution in [3.8, 4) is 0 Å². The van der Waals surface area contributed by atoms with Crippen LogP contribution in [0.5, 0.6) is 0 Å².